The molecule has 1 aromatic carbocycles. The quantitative estimate of drug-likeness (QED) is 0.917. The number of hydrogen-bond acceptors (Lipinski definition) is 3. The summed E-state index contributed by atoms with van der Waals surface area (Å²) in [5.74, 6) is -2.60. The fraction of sp³-hybridized carbons (Fsp3) is 0.500. The first-order chi connectivity index (χ1) is 10.3. The molecule has 2 rings (SSSR count). The molecule has 0 atom stereocenters. The van der Waals surface area contributed by atoms with E-state index in [9.17, 15) is 22.0 Å². The monoisotopic (exact) mass is 332 g/mol. The molecule has 22 heavy (non-hydrogen) atoms. The van der Waals surface area contributed by atoms with Gasteiger partial charge in [-0.3, -0.25) is 4.79 Å². The number of benzene rings is 1. The van der Waals surface area contributed by atoms with Crippen LogP contribution < -0.4 is 5.32 Å². The Morgan fingerprint density at radius 3 is 2.45 bits per heavy atom. The zero-order chi connectivity index (χ0) is 16.3. The summed E-state index contributed by atoms with van der Waals surface area (Å²) in [5, 5.41) is 2.53. The number of carbonyl (C=O) groups is 1. The van der Waals surface area contributed by atoms with Gasteiger partial charge in [0, 0.05) is 30.8 Å². The van der Waals surface area contributed by atoms with Gasteiger partial charge in [0.25, 0.3) is 0 Å². The third-order valence-electron chi connectivity index (χ3n) is 3.77. The summed E-state index contributed by atoms with van der Waals surface area (Å²) in [7, 11) is -3.23. The molecule has 0 aromatic heterocycles. The lowest BCUT2D eigenvalue weighted by Gasteiger charge is -2.30. The van der Waals surface area contributed by atoms with Crippen molar-refractivity contribution in [2.45, 2.75) is 19.8 Å². The molecule has 1 saturated heterocycles. The predicted molar refractivity (Wildman–Crippen MR) is 78.7 cm³/mol. The highest BCUT2D eigenvalue weighted by Crippen LogP contribution is 2.22. The average molecular weight is 332 g/mol. The maximum absolute atomic E-state index is 13.1. The molecular formula is C14H18F2N2O3S. The zero-order valence-electron chi connectivity index (χ0n) is 12.2. The van der Waals surface area contributed by atoms with E-state index in [4.69, 9.17) is 0 Å². The molecule has 0 saturated carbocycles. The number of piperidine rings is 1. The van der Waals surface area contributed by atoms with Crippen LogP contribution in [-0.2, 0) is 14.8 Å². The summed E-state index contributed by atoms with van der Waals surface area (Å²) in [4.78, 5) is 12.1. The van der Waals surface area contributed by atoms with Gasteiger partial charge in [0.15, 0.2) is 11.6 Å². The molecule has 0 bridgehead atoms. The van der Waals surface area contributed by atoms with Crippen molar-refractivity contribution in [1.82, 2.24) is 4.31 Å². The van der Waals surface area contributed by atoms with Gasteiger partial charge in [-0.15, -0.1) is 0 Å². The lowest BCUT2D eigenvalue weighted by Crippen LogP contribution is -2.42. The molecule has 1 aliphatic rings. The summed E-state index contributed by atoms with van der Waals surface area (Å²) in [6, 6.07) is 3.15. The van der Waals surface area contributed by atoms with Crippen LogP contribution in [0.4, 0.5) is 14.5 Å². The minimum Gasteiger partial charge on any atom is -0.326 e. The van der Waals surface area contributed by atoms with Gasteiger partial charge in [0.1, 0.15) is 0 Å². The van der Waals surface area contributed by atoms with Crippen molar-refractivity contribution >= 4 is 21.6 Å². The van der Waals surface area contributed by atoms with E-state index >= 15 is 0 Å². The molecule has 0 aliphatic carbocycles. The predicted octanol–water partition coefficient (Wildman–Crippen LogP) is 1.96. The Kier molecular flexibility index (Phi) is 5.12. The Hall–Kier alpha value is -1.54. The highest BCUT2D eigenvalue weighted by Gasteiger charge is 2.30. The number of sulfonamides is 1. The van der Waals surface area contributed by atoms with Crippen molar-refractivity contribution in [1.29, 1.82) is 0 Å². The lowest BCUT2D eigenvalue weighted by atomic mass is 9.97. The topological polar surface area (TPSA) is 66.5 Å². The molecule has 0 radical (unpaired) electrons. The standard InChI is InChI=1S/C14H18F2N2O3S/c1-2-22(20,21)18-7-5-10(6-8-18)14(19)17-11-3-4-12(15)13(16)9-11/h3-4,9-10H,2,5-8H2,1H3,(H,17,19). The maximum Gasteiger partial charge on any atom is 0.227 e. The van der Waals surface area contributed by atoms with Crippen LogP contribution in [-0.4, -0.2) is 37.5 Å². The smallest absolute Gasteiger partial charge is 0.227 e. The van der Waals surface area contributed by atoms with E-state index in [1.165, 1.54) is 10.4 Å². The fourth-order valence-electron chi connectivity index (χ4n) is 2.40. The maximum atomic E-state index is 13.1. The Balaban J connectivity index is 1.94. The van der Waals surface area contributed by atoms with E-state index in [1.54, 1.807) is 6.92 Å². The van der Waals surface area contributed by atoms with Crippen molar-refractivity contribution in [3.63, 3.8) is 0 Å². The number of nitrogens with one attached hydrogen (secondary N) is 1. The SMILES string of the molecule is CCS(=O)(=O)N1CCC(C(=O)Nc2ccc(F)c(F)c2)CC1. The molecule has 1 fully saturated rings. The zero-order valence-corrected chi connectivity index (χ0v) is 13.0. The van der Waals surface area contributed by atoms with Gasteiger partial charge in [0.05, 0.1) is 5.75 Å². The number of anilines is 1. The van der Waals surface area contributed by atoms with E-state index in [-0.39, 0.29) is 23.3 Å². The Morgan fingerprint density at radius 2 is 1.91 bits per heavy atom. The highest BCUT2D eigenvalue weighted by atomic mass is 32.2. The van der Waals surface area contributed by atoms with Gasteiger partial charge < -0.3 is 5.32 Å². The largest absolute Gasteiger partial charge is 0.326 e. The third kappa shape index (κ3) is 3.80. The molecule has 1 aromatic rings. The summed E-state index contributed by atoms with van der Waals surface area (Å²) < 4.78 is 50.8. The number of carbonyl (C=O) groups excluding carboxylic acids is 1. The first kappa shape index (κ1) is 16.8. The lowest BCUT2D eigenvalue weighted by molar-refractivity contribution is -0.120. The molecule has 1 aliphatic heterocycles. The molecule has 122 valence electrons. The first-order valence-corrected chi connectivity index (χ1v) is 8.68. The Labute approximate surface area is 128 Å². The van der Waals surface area contributed by atoms with E-state index in [2.05, 4.69) is 5.32 Å². The Bertz CT molecular complexity index is 656. The second-order valence-corrected chi connectivity index (χ2v) is 7.45. The van der Waals surface area contributed by atoms with Crippen molar-refractivity contribution in [3.05, 3.63) is 29.8 Å². The highest BCUT2D eigenvalue weighted by molar-refractivity contribution is 7.89. The summed E-state index contributed by atoms with van der Waals surface area (Å²) in [6.45, 7) is 2.18. The second-order valence-electron chi connectivity index (χ2n) is 5.19. The number of nitrogens with zero attached hydrogens (tertiary/aromatic N) is 1. The van der Waals surface area contributed by atoms with Crippen LogP contribution in [0.1, 0.15) is 19.8 Å². The molecule has 5 nitrogen and oxygen atoms in total. The van der Waals surface area contributed by atoms with Crippen LogP contribution in [0.2, 0.25) is 0 Å². The van der Waals surface area contributed by atoms with Gasteiger partial charge in [-0.2, -0.15) is 0 Å². The van der Waals surface area contributed by atoms with Crippen LogP contribution in [0.25, 0.3) is 0 Å². The van der Waals surface area contributed by atoms with Gasteiger partial charge in [-0.1, -0.05) is 0 Å². The van der Waals surface area contributed by atoms with Gasteiger partial charge >= 0.3 is 0 Å². The van der Waals surface area contributed by atoms with Crippen molar-refractivity contribution in [3.8, 4) is 0 Å². The van der Waals surface area contributed by atoms with Crippen LogP contribution in [0.3, 0.4) is 0 Å². The number of amides is 1. The Morgan fingerprint density at radius 1 is 1.27 bits per heavy atom. The third-order valence-corrected chi connectivity index (χ3v) is 5.65. The first-order valence-electron chi connectivity index (χ1n) is 7.07. The van der Waals surface area contributed by atoms with Crippen molar-refractivity contribution in [2.24, 2.45) is 5.92 Å². The number of hydrogen-bond donors (Lipinski definition) is 1. The molecular weight excluding hydrogens is 314 g/mol. The molecule has 0 unspecified atom stereocenters. The van der Waals surface area contributed by atoms with Crippen molar-refractivity contribution in [2.75, 3.05) is 24.2 Å². The van der Waals surface area contributed by atoms with E-state index < -0.39 is 21.7 Å². The van der Waals surface area contributed by atoms with E-state index in [1.807, 2.05) is 0 Å². The van der Waals surface area contributed by atoms with Gasteiger partial charge in [-0.25, -0.2) is 21.5 Å². The summed E-state index contributed by atoms with van der Waals surface area (Å²) in [6.07, 6.45) is 0.823. The average Bonchev–Trinajstić information content (AvgIpc) is 2.51. The molecule has 1 heterocycles. The number of halogens is 2. The van der Waals surface area contributed by atoms with Crippen LogP contribution in [0.5, 0.6) is 0 Å². The van der Waals surface area contributed by atoms with Crippen molar-refractivity contribution < 1.29 is 22.0 Å². The normalized spacial score (nSPS) is 17.4. The van der Waals surface area contributed by atoms with Gasteiger partial charge in [0.2, 0.25) is 15.9 Å². The molecule has 1 amide bonds. The summed E-state index contributed by atoms with van der Waals surface area (Å²) >= 11 is 0. The fourth-order valence-corrected chi connectivity index (χ4v) is 3.53. The number of rotatable bonds is 4. The van der Waals surface area contributed by atoms with E-state index in [0.717, 1.165) is 12.1 Å². The van der Waals surface area contributed by atoms with Gasteiger partial charge in [-0.05, 0) is 31.9 Å². The molecule has 0 spiro atoms. The van der Waals surface area contributed by atoms with Crippen LogP contribution in [0, 0.1) is 17.6 Å². The van der Waals surface area contributed by atoms with Crippen LogP contribution >= 0.6 is 0 Å². The molecule has 8 heteroatoms. The summed E-state index contributed by atoms with van der Waals surface area (Å²) in [5.41, 5.74) is 0.188. The minimum absolute atomic E-state index is 0.0404. The second kappa shape index (κ2) is 6.70. The molecule has 1 N–H and O–H groups in total. The minimum atomic E-state index is -3.23. The van der Waals surface area contributed by atoms with Crippen LogP contribution in [0.15, 0.2) is 18.2 Å². The van der Waals surface area contributed by atoms with E-state index in [0.29, 0.717) is 25.9 Å².